The summed E-state index contributed by atoms with van der Waals surface area (Å²) in [6, 6.07) is 6.64. The third-order valence-electron chi connectivity index (χ3n) is 4.39. The fourth-order valence-corrected chi connectivity index (χ4v) is 3.38. The number of thioether (sulfide) groups is 1. The van der Waals surface area contributed by atoms with E-state index in [2.05, 4.69) is 41.4 Å². The maximum atomic E-state index is 12.3. The number of nitrogens with zero attached hydrogens (tertiary/aromatic N) is 3. The number of pyridine rings is 1. The quantitative estimate of drug-likeness (QED) is 0.867. The molecule has 6 heteroatoms. The first kappa shape index (κ1) is 18.1. The highest BCUT2D eigenvalue weighted by Crippen LogP contribution is 2.19. The summed E-state index contributed by atoms with van der Waals surface area (Å²) >= 11 is 1.82. The maximum Gasteiger partial charge on any atom is 0.317 e. The Kier molecular flexibility index (Phi) is 7.17. The molecule has 0 aromatic carbocycles. The number of hydrogen-bond donors (Lipinski definition) is 1. The molecular formula is C17H28N4OS. The largest absolute Gasteiger partial charge is 0.336 e. The number of piperazine rings is 1. The topological polar surface area (TPSA) is 48.5 Å². The van der Waals surface area contributed by atoms with Gasteiger partial charge in [-0.3, -0.25) is 9.88 Å². The van der Waals surface area contributed by atoms with Gasteiger partial charge in [-0.2, -0.15) is 11.8 Å². The van der Waals surface area contributed by atoms with Crippen LogP contribution in [0.4, 0.5) is 4.79 Å². The van der Waals surface area contributed by atoms with E-state index in [1.54, 1.807) is 0 Å². The van der Waals surface area contributed by atoms with Crippen molar-refractivity contribution in [2.45, 2.75) is 32.4 Å². The van der Waals surface area contributed by atoms with E-state index in [4.69, 9.17) is 0 Å². The molecule has 0 saturated carbocycles. The fourth-order valence-electron chi connectivity index (χ4n) is 2.79. The van der Waals surface area contributed by atoms with Crippen LogP contribution in [0.2, 0.25) is 0 Å². The number of amides is 2. The highest BCUT2D eigenvalue weighted by molar-refractivity contribution is 7.98. The molecule has 128 valence electrons. The summed E-state index contributed by atoms with van der Waals surface area (Å²) < 4.78 is 0. The van der Waals surface area contributed by atoms with Crippen LogP contribution in [-0.2, 0) is 0 Å². The lowest BCUT2D eigenvalue weighted by Crippen LogP contribution is -2.53. The summed E-state index contributed by atoms with van der Waals surface area (Å²) in [4.78, 5) is 21.1. The summed E-state index contributed by atoms with van der Waals surface area (Å²) in [5.41, 5.74) is 1.09. The van der Waals surface area contributed by atoms with Gasteiger partial charge in [-0.1, -0.05) is 6.07 Å². The van der Waals surface area contributed by atoms with E-state index in [1.807, 2.05) is 35.0 Å². The van der Waals surface area contributed by atoms with E-state index in [1.165, 1.54) is 0 Å². The standard InChI is InChI=1S/C17H28N4OS/c1-14(7-13-23-3)19-17(22)21-11-9-20(10-12-21)15(2)16-6-4-5-8-18-16/h4-6,8,14-15H,7,9-13H2,1-3H3,(H,19,22)/t14-,15-/m1/s1. The Morgan fingerprint density at radius 2 is 2.04 bits per heavy atom. The zero-order valence-corrected chi connectivity index (χ0v) is 15.2. The van der Waals surface area contributed by atoms with Gasteiger partial charge < -0.3 is 10.2 Å². The second-order valence-electron chi connectivity index (χ2n) is 6.09. The van der Waals surface area contributed by atoms with Gasteiger partial charge in [-0.25, -0.2) is 4.79 Å². The molecule has 0 spiro atoms. The SMILES string of the molecule is CSCC[C@@H](C)NC(=O)N1CCN([C@H](C)c2ccccn2)CC1. The van der Waals surface area contributed by atoms with Crippen molar-refractivity contribution in [3.63, 3.8) is 0 Å². The first-order valence-electron chi connectivity index (χ1n) is 8.31. The Morgan fingerprint density at radius 1 is 1.30 bits per heavy atom. The number of carbonyl (C=O) groups excluding carboxylic acids is 1. The lowest BCUT2D eigenvalue weighted by atomic mass is 10.1. The van der Waals surface area contributed by atoms with Crippen LogP contribution in [0.15, 0.2) is 24.4 Å². The van der Waals surface area contributed by atoms with E-state index in [9.17, 15) is 4.79 Å². The van der Waals surface area contributed by atoms with Crippen LogP contribution in [-0.4, -0.2) is 65.0 Å². The van der Waals surface area contributed by atoms with Crippen LogP contribution in [0.1, 0.15) is 32.0 Å². The van der Waals surface area contributed by atoms with Gasteiger partial charge in [0, 0.05) is 44.5 Å². The second-order valence-corrected chi connectivity index (χ2v) is 7.07. The first-order valence-corrected chi connectivity index (χ1v) is 9.70. The Hall–Kier alpha value is -1.27. The van der Waals surface area contributed by atoms with Gasteiger partial charge >= 0.3 is 6.03 Å². The van der Waals surface area contributed by atoms with E-state index in [0.29, 0.717) is 6.04 Å². The van der Waals surface area contributed by atoms with Crippen LogP contribution in [0, 0.1) is 0 Å². The van der Waals surface area contributed by atoms with Crippen LogP contribution >= 0.6 is 11.8 Å². The van der Waals surface area contributed by atoms with E-state index in [-0.39, 0.29) is 12.1 Å². The molecule has 23 heavy (non-hydrogen) atoms. The first-order chi connectivity index (χ1) is 11.1. The van der Waals surface area contributed by atoms with Crippen molar-refractivity contribution in [1.82, 2.24) is 20.1 Å². The van der Waals surface area contributed by atoms with E-state index < -0.39 is 0 Å². The molecule has 5 nitrogen and oxygen atoms in total. The number of nitrogens with one attached hydrogen (secondary N) is 1. The molecule has 1 aliphatic rings. The molecule has 1 fully saturated rings. The average Bonchev–Trinajstić information content (AvgIpc) is 2.60. The summed E-state index contributed by atoms with van der Waals surface area (Å²) in [5, 5.41) is 3.10. The van der Waals surface area contributed by atoms with Crippen LogP contribution in [0.3, 0.4) is 0 Å². The third kappa shape index (κ3) is 5.39. The Balaban J connectivity index is 1.78. The van der Waals surface area contributed by atoms with E-state index in [0.717, 1.165) is 44.0 Å². The van der Waals surface area contributed by atoms with Gasteiger partial charge in [0.05, 0.1) is 5.69 Å². The number of urea groups is 1. The summed E-state index contributed by atoms with van der Waals surface area (Å²) in [6.07, 6.45) is 4.95. The molecule has 0 aliphatic carbocycles. The normalized spacial score (nSPS) is 18.5. The molecular weight excluding hydrogens is 308 g/mol. The molecule has 1 aromatic heterocycles. The third-order valence-corrected chi connectivity index (χ3v) is 5.03. The molecule has 2 atom stereocenters. The molecule has 2 amide bonds. The highest BCUT2D eigenvalue weighted by atomic mass is 32.2. The zero-order valence-electron chi connectivity index (χ0n) is 14.4. The van der Waals surface area contributed by atoms with E-state index >= 15 is 0 Å². The van der Waals surface area contributed by atoms with Gasteiger partial charge in [0.1, 0.15) is 0 Å². The predicted octanol–water partition coefficient (Wildman–Crippen LogP) is 2.61. The predicted molar refractivity (Wildman–Crippen MR) is 96.8 cm³/mol. The van der Waals surface area contributed by atoms with Crippen molar-refractivity contribution < 1.29 is 4.79 Å². The lowest BCUT2D eigenvalue weighted by Gasteiger charge is -2.38. The molecule has 0 unspecified atom stereocenters. The molecule has 1 saturated heterocycles. The minimum Gasteiger partial charge on any atom is -0.336 e. The Labute approximate surface area is 143 Å². The van der Waals surface area contributed by atoms with Crippen LogP contribution in [0.5, 0.6) is 0 Å². The van der Waals surface area contributed by atoms with Crippen molar-refractivity contribution in [1.29, 1.82) is 0 Å². The minimum atomic E-state index is 0.0729. The summed E-state index contributed by atoms with van der Waals surface area (Å²) in [6.45, 7) is 7.60. The fraction of sp³-hybridized carbons (Fsp3) is 0.647. The Morgan fingerprint density at radius 3 is 2.65 bits per heavy atom. The molecule has 1 N–H and O–H groups in total. The van der Waals surface area contributed by atoms with Gasteiger partial charge in [-0.15, -0.1) is 0 Å². The maximum absolute atomic E-state index is 12.3. The van der Waals surface area contributed by atoms with Gasteiger partial charge in [-0.05, 0) is 44.4 Å². The molecule has 0 bridgehead atoms. The second kappa shape index (κ2) is 9.13. The summed E-state index contributed by atoms with van der Waals surface area (Å²) in [7, 11) is 0. The number of aromatic nitrogens is 1. The van der Waals surface area contributed by atoms with Crippen molar-refractivity contribution in [3.05, 3.63) is 30.1 Å². The molecule has 1 aromatic rings. The molecule has 0 radical (unpaired) electrons. The smallest absolute Gasteiger partial charge is 0.317 e. The van der Waals surface area contributed by atoms with Gasteiger partial charge in [0.2, 0.25) is 0 Å². The molecule has 2 heterocycles. The van der Waals surface area contributed by atoms with Crippen molar-refractivity contribution in [2.24, 2.45) is 0 Å². The highest BCUT2D eigenvalue weighted by Gasteiger charge is 2.25. The number of carbonyl (C=O) groups is 1. The van der Waals surface area contributed by atoms with Gasteiger partial charge in [0.15, 0.2) is 0 Å². The molecule has 1 aliphatic heterocycles. The average molecular weight is 337 g/mol. The number of rotatable bonds is 6. The monoisotopic (exact) mass is 336 g/mol. The Bertz CT molecular complexity index is 477. The van der Waals surface area contributed by atoms with Crippen molar-refractivity contribution in [2.75, 3.05) is 38.2 Å². The zero-order chi connectivity index (χ0) is 16.7. The van der Waals surface area contributed by atoms with Crippen molar-refractivity contribution in [3.8, 4) is 0 Å². The summed E-state index contributed by atoms with van der Waals surface area (Å²) in [5.74, 6) is 1.08. The number of hydrogen-bond acceptors (Lipinski definition) is 4. The van der Waals surface area contributed by atoms with Crippen LogP contribution < -0.4 is 5.32 Å². The van der Waals surface area contributed by atoms with Gasteiger partial charge in [0.25, 0.3) is 0 Å². The van der Waals surface area contributed by atoms with Crippen molar-refractivity contribution >= 4 is 17.8 Å². The minimum absolute atomic E-state index is 0.0729. The molecule has 2 rings (SSSR count). The lowest BCUT2D eigenvalue weighted by molar-refractivity contribution is 0.111. The van der Waals surface area contributed by atoms with Crippen LogP contribution in [0.25, 0.3) is 0 Å².